The van der Waals surface area contributed by atoms with E-state index in [4.69, 9.17) is 11.6 Å². The molecule has 1 N–H and O–H groups in total. The summed E-state index contributed by atoms with van der Waals surface area (Å²) in [6.45, 7) is 6.43. The zero-order valence-corrected chi connectivity index (χ0v) is 14.0. The van der Waals surface area contributed by atoms with Crippen molar-refractivity contribution in [2.24, 2.45) is 0 Å². The molecule has 0 saturated carbocycles. The fraction of sp³-hybridized carbons (Fsp3) is 0.267. The van der Waals surface area contributed by atoms with E-state index in [2.05, 4.69) is 15.4 Å². The first-order valence-corrected chi connectivity index (χ1v) is 8.10. The second kappa shape index (κ2) is 5.70. The molecular formula is C15H15ClN4OS. The van der Waals surface area contributed by atoms with Gasteiger partial charge >= 0.3 is 0 Å². The summed E-state index contributed by atoms with van der Waals surface area (Å²) < 4.78 is 2.56. The molecule has 0 spiro atoms. The van der Waals surface area contributed by atoms with Crippen LogP contribution >= 0.6 is 22.9 Å². The van der Waals surface area contributed by atoms with E-state index in [9.17, 15) is 4.79 Å². The molecule has 0 unspecified atom stereocenters. The highest BCUT2D eigenvalue weighted by atomic mass is 35.5. The van der Waals surface area contributed by atoms with Crippen molar-refractivity contribution >= 4 is 44.2 Å². The van der Waals surface area contributed by atoms with Crippen molar-refractivity contribution < 1.29 is 4.79 Å². The van der Waals surface area contributed by atoms with Crippen molar-refractivity contribution in [2.45, 2.75) is 27.3 Å². The van der Waals surface area contributed by atoms with Gasteiger partial charge in [-0.15, -0.1) is 0 Å². The van der Waals surface area contributed by atoms with Crippen LogP contribution in [0, 0.1) is 13.8 Å². The van der Waals surface area contributed by atoms with Crippen LogP contribution in [0.25, 0.3) is 10.2 Å². The largest absolute Gasteiger partial charge is 0.296 e. The molecule has 0 saturated heterocycles. The fourth-order valence-electron chi connectivity index (χ4n) is 2.29. The molecule has 5 nitrogen and oxygen atoms in total. The summed E-state index contributed by atoms with van der Waals surface area (Å²) in [4.78, 5) is 16.9. The Kier molecular flexibility index (Phi) is 3.88. The average molecular weight is 335 g/mol. The Labute approximate surface area is 136 Å². The predicted octanol–water partition coefficient (Wildman–Crippen LogP) is 4.04. The molecule has 2 heterocycles. The maximum Gasteiger partial charge on any atom is 0.275 e. The summed E-state index contributed by atoms with van der Waals surface area (Å²) in [5.41, 5.74) is 3.20. The number of anilines is 1. The standard InChI is InChI=1S/C15H15ClN4OS/c1-4-20-11(7-9(3)19-20)14(21)18-15-17-12-8(2)5-6-10(16)13(12)22-15/h5-7H,4H2,1-3H3,(H,17,18,21). The summed E-state index contributed by atoms with van der Waals surface area (Å²) in [6.07, 6.45) is 0. The lowest BCUT2D eigenvalue weighted by atomic mass is 10.2. The first-order valence-electron chi connectivity index (χ1n) is 6.91. The number of nitrogens with one attached hydrogen (secondary N) is 1. The number of aromatic nitrogens is 3. The van der Waals surface area contributed by atoms with Gasteiger partial charge in [0.05, 0.1) is 20.9 Å². The number of carbonyl (C=O) groups excluding carboxylic acids is 1. The van der Waals surface area contributed by atoms with Crippen molar-refractivity contribution in [2.75, 3.05) is 5.32 Å². The Morgan fingerprint density at radius 2 is 2.18 bits per heavy atom. The van der Waals surface area contributed by atoms with E-state index in [1.54, 1.807) is 10.7 Å². The molecule has 0 aliphatic rings. The number of thiazole rings is 1. The summed E-state index contributed by atoms with van der Waals surface area (Å²) in [6, 6.07) is 5.54. The predicted molar refractivity (Wildman–Crippen MR) is 90.0 cm³/mol. The van der Waals surface area contributed by atoms with Crippen LogP contribution in [0.3, 0.4) is 0 Å². The van der Waals surface area contributed by atoms with Crippen LogP contribution in [0.15, 0.2) is 18.2 Å². The minimum Gasteiger partial charge on any atom is -0.296 e. The zero-order valence-electron chi connectivity index (χ0n) is 12.5. The lowest BCUT2D eigenvalue weighted by molar-refractivity contribution is 0.101. The van der Waals surface area contributed by atoms with E-state index in [1.165, 1.54) is 11.3 Å². The molecule has 0 atom stereocenters. The van der Waals surface area contributed by atoms with Gasteiger partial charge in [0, 0.05) is 6.54 Å². The monoisotopic (exact) mass is 334 g/mol. The van der Waals surface area contributed by atoms with Crippen LogP contribution in [0.2, 0.25) is 5.02 Å². The number of amides is 1. The highest BCUT2D eigenvalue weighted by molar-refractivity contribution is 7.23. The van der Waals surface area contributed by atoms with Gasteiger partial charge in [-0.25, -0.2) is 4.98 Å². The number of hydrogen-bond acceptors (Lipinski definition) is 4. The van der Waals surface area contributed by atoms with Gasteiger partial charge in [-0.05, 0) is 38.5 Å². The van der Waals surface area contributed by atoms with Crippen molar-refractivity contribution in [3.63, 3.8) is 0 Å². The third-order valence-electron chi connectivity index (χ3n) is 3.35. The number of benzene rings is 1. The molecule has 3 rings (SSSR count). The van der Waals surface area contributed by atoms with Crippen LogP contribution in [-0.2, 0) is 6.54 Å². The molecule has 3 aromatic rings. The maximum absolute atomic E-state index is 12.4. The van der Waals surface area contributed by atoms with Gasteiger partial charge in [-0.1, -0.05) is 29.0 Å². The molecular weight excluding hydrogens is 320 g/mol. The van der Waals surface area contributed by atoms with Gasteiger partial charge in [0.2, 0.25) is 0 Å². The van der Waals surface area contributed by atoms with Gasteiger partial charge in [-0.3, -0.25) is 14.8 Å². The van der Waals surface area contributed by atoms with Crippen LogP contribution in [0.4, 0.5) is 5.13 Å². The fourth-order valence-corrected chi connectivity index (χ4v) is 3.50. The Morgan fingerprint density at radius 1 is 1.41 bits per heavy atom. The summed E-state index contributed by atoms with van der Waals surface area (Å²) >= 11 is 7.57. The smallest absolute Gasteiger partial charge is 0.275 e. The number of aryl methyl sites for hydroxylation is 3. The average Bonchev–Trinajstić information content (AvgIpc) is 3.07. The van der Waals surface area contributed by atoms with E-state index in [0.717, 1.165) is 21.5 Å². The van der Waals surface area contributed by atoms with E-state index in [1.807, 2.05) is 32.9 Å². The normalized spacial score (nSPS) is 11.1. The van der Waals surface area contributed by atoms with Crippen molar-refractivity contribution in [3.05, 3.63) is 40.2 Å². The third-order valence-corrected chi connectivity index (χ3v) is 4.78. The van der Waals surface area contributed by atoms with E-state index in [-0.39, 0.29) is 5.91 Å². The Balaban J connectivity index is 1.94. The van der Waals surface area contributed by atoms with E-state index >= 15 is 0 Å². The number of halogens is 1. The summed E-state index contributed by atoms with van der Waals surface area (Å²) in [5, 5.41) is 8.31. The highest BCUT2D eigenvalue weighted by Gasteiger charge is 2.16. The van der Waals surface area contributed by atoms with Crippen LogP contribution < -0.4 is 5.32 Å². The molecule has 7 heteroatoms. The lowest BCUT2D eigenvalue weighted by Gasteiger charge is -2.03. The van der Waals surface area contributed by atoms with Gasteiger partial charge in [0.15, 0.2) is 5.13 Å². The summed E-state index contributed by atoms with van der Waals surface area (Å²) in [5.74, 6) is -0.213. The maximum atomic E-state index is 12.4. The second-order valence-corrected chi connectivity index (χ2v) is 6.41. The van der Waals surface area contributed by atoms with Crippen molar-refractivity contribution in [1.82, 2.24) is 14.8 Å². The SMILES string of the molecule is CCn1nc(C)cc1C(=O)Nc1nc2c(C)ccc(Cl)c2s1. The number of fused-ring (bicyclic) bond motifs is 1. The number of carbonyl (C=O) groups is 1. The van der Waals surface area contributed by atoms with E-state index in [0.29, 0.717) is 22.4 Å². The third kappa shape index (κ3) is 2.60. The molecule has 1 amide bonds. The minimum absolute atomic E-state index is 0.213. The number of nitrogens with zero attached hydrogens (tertiary/aromatic N) is 3. The number of hydrogen-bond donors (Lipinski definition) is 1. The summed E-state index contributed by atoms with van der Waals surface area (Å²) in [7, 11) is 0. The molecule has 0 bridgehead atoms. The van der Waals surface area contributed by atoms with Gasteiger partial charge in [0.25, 0.3) is 5.91 Å². The van der Waals surface area contributed by atoms with Crippen molar-refractivity contribution in [1.29, 1.82) is 0 Å². The van der Waals surface area contributed by atoms with Gasteiger partial charge < -0.3 is 0 Å². The number of rotatable bonds is 3. The Morgan fingerprint density at radius 3 is 2.86 bits per heavy atom. The van der Waals surface area contributed by atoms with Gasteiger partial charge in [-0.2, -0.15) is 5.10 Å². The molecule has 0 radical (unpaired) electrons. The minimum atomic E-state index is -0.213. The molecule has 0 aliphatic carbocycles. The Hall–Kier alpha value is -1.92. The topological polar surface area (TPSA) is 59.8 Å². The molecule has 1 aromatic carbocycles. The van der Waals surface area contributed by atoms with Crippen LogP contribution in [-0.4, -0.2) is 20.7 Å². The zero-order chi connectivity index (χ0) is 15.9. The molecule has 0 aliphatic heterocycles. The molecule has 0 fully saturated rings. The quantitative estimate of drug-likeness (QED) is 0.786. The van der Waals surface area contributed by atoms with E-state index < -0.39 is 0 Å². The first kappa shape index (κ1) is 15.0. The second-order valence-electron chi connectivity index (χ2n) is 5.00. The highest BCUT2D eigenvalue weighted by Crippen LogP contribution is 2.33. The lowest BCUT2D eigenvalue weighted by Crippen LogP contribution is -2.17. The van der Waals surface area contributed by atoms with Crippen LogP contribution in [0.5, 0.6) is 0 Å². The molecule has 22 heavy (non-hydrogen) atoms. The van der Waals surface area contributed by atoms with Crippen molar-refractivity contribution in [3.8, 4) is 0 Å². The Bertz CT molecular complexity index is 829. The van der Waals surface area contributed by atoms with Gasteiger partial charge in [0.1, 0.15) is 5.69 Å². The molecule has 2 aromatic heterocycles. The first-order chi connectivity index (χ1) is 10.5. The molecule has 114 valence electrons. The van der Waals surface area contributed by atoms with Crippen LogP contribution in [0.1, 0.15) is 28.7 Å².